The minimum absolute atomic E-state index is 0.563. The molecule has 1 atom stereocenters. The van der Waals surface area contributed by atoms with Gasteiger partial charge in [-0.2, -0.15) is 5.10 Å². The molecule has 0 fully saturated rings. The zero-order chi connectivity index (χ0) is 12.5. The number of aliphatic carboxylic acids is 1. The summed E-state index contributed by atoms with van der Waals surface area (Å²) < 4.78 is 1.62. The second-order valence-electron chi connectivity index (χ2n) is 4.44. The third kappa shape index (κ3) is 1.79. The number of fused-ring (bicyclic) bond motifs is 1. The first-order valence-corrected chi connectivity index (χ1v) is 5.76. The lowest BCUT2D eigenvalue weighted by Gasteiger charge is -2.25. The number of para-hydroxylation sites is 1. The Labute approximate surface area is 99.9 Å². The molecule has 0 aliphatic heterocycles. The van der Waals surface area contributed by atoms with E-state index in [1.807, 2.05) is 31.2 Å². The Balaban J connectivity index is 2.60. The number of benzene rings is 1. The molecule has 2 rings (SSSR count). The third-order valence-electron chi connectivity index (χ3n) is 3.14. The number of aromatic nitrogens is 2. The van der Waals surface area contributed by atoms with Gasteiger partial charge in [0.25, 0.3) is 0 Å². The zero-order valence-electron chi connectivity index (χ0n) is 10.1. The molecule has 4 heteroatoms. The fourth-order valence-electron chi connectivity index (χ4n) is 2.16. The molecule has 1 unspecified atom stereocenters. The Morgan fingerprint density at radius 2 is 2.18 bits per heavy atom. The van der Waals surface area contributed by atoms with Crippen molar-refractivity contribution >= 4 is 16.9 Å². The number of nitrogens with zero attached hydrogens (tertiary/aromatic N) is 2. The minimum Gasteiger partial charge on any atom is -0.479 e. The predicted octanol–water partition coefficient (Wildman–Crippen LogP) is 2.64. The van der Waals surface area contributed by atoms with Crippen LogP contribution < -0.4 is 0 Å². The quantitative estimate of drug-likeness (QED) is 0.881. The van der Waals surface area contributed by atoms with E-state index in [1.54, 1.807) is 17.8 Å². The average Bonchev–Trinajstić information content (AvgIpc) is 2.73. The van der Waals surface area contributed by atoms with Gasteiger partial charge in [0.15, 0.2) is 5.54 Å². The lowest BCUT2D eigenvalue weighted by molar-refractivity contribution is -0.147. The molecule has 0 saturated carbocycles. The molecule has 1 N–H and O–H groups in total. The van der Waals surface area contributed by atoms with Gasteiger partial charge in [0, 0.05) is 5.39 Å². The maximum absolute atomic E-state index is 11.5. The van der Waals surface area contributed by atoms with Crippen LogP contribution in [0.3, 0.4) is 0 Å². The standard InChI is InChI=1S/C13H16N2O2/c1-3-8-13(2,12(16)17)15-11-7-5-4-6-10(11)9-14-15/h4-7,9H,3,8H2,1-2H3,(H,16,17). The van der Waals surface area contributed by atoms with E-state index in [0.29, 0.717) is 6.42 Å². The molecular weight excluding hydrogens is 216 g/mol. The van der Waals surface area contributed by atoms with Gasteiger partial charge in [-0.1, -0.05) is 31.5 Å². The van der Waals surface area contributed by atoms with Gasteiger partial charge in [-0.15, -0.1) is 0 Å². The van der Waals surface area contributed by atoms with Crippen molar-refractivity contribution < 1.29 is 9.90 Å². The summed E-state index contributed by atoms with van der Waals surface area (Å²) in [5.41, 5.74) is -0.108. The molecule has 17 heavy (non-hydrogen) atoms. The number of hydrogen-bond donors (Lipinski definition) is 1. The van der Waals surface area contributed by atoms with Crippen LogP contribution in [-0.4, -0.2) is 20.9 Å². The van der Waals surface area contributed by atoms with Crippen molar-refractivity contribution in [1.82, 2.24) is 9.78 Å². The molecule has 0 aliphatic carbocycles. The van der Waals surface area contributed by atoms with Gasteiger partial charge in [0.2, 0.25) is 0 Å². The summed E-state index contributed by atoms with van der Waals surface area (Å²) in [6, 6.07) is 7.66. The first-order chi connectivity index (χ1) is 8.09. The Hall–Kier alpha value is -1.84. The number of hydrogen-bond acceptors (Lipinski definition) is 2. The van der Waals surface area contributed by atoms with Crippen LogP contribution in [0.25, 0.3) is 10.9 Å². The van der Waals surface area contributed by atoms with Gasteiger partial charge in [0.05, 0.1) is 11.7 Å². The van der Waals surface area contributed by atoms with Crippen LogP contribution in [0.15, 0.2) is 30.5 Å². The van der Waals surface area contributed by atoms with Crippen molar-refractivity contribution in [2.75, 3.05) is 0 Å². The van der Waals surface area contributed by atoms with E-state index in [-0.39, 0.29) is 0 Å². The van der Waals surface area contributed by atoms with Crippen molar-refractivity contribution in [1.29, 1.82) is 0 Å². The molecule has 1 aromatic carbocycles. The summed E-state index contributed by atoms with van der Waals surface area (Å²) in [6.07, 6.45) is 3.08. The van der Waals surface area contributed by atoms with Gasteiger partial charge in [0.1, 0.15) is 0 Å². The Morgan fingerprint density at radius 3 is 2.82 bits per heavy atom. The maximum Gasteiger partial charge on any atom is 0.331 e. The highest BCUT2D eigenvalue weighted by Gasteiger charge is 2.36. The molecule has 4 nitrogen and oxygen atoms in total. The van der Waals surface area contributed by atoms with E-state index < -0.39 is 11.5 Å². The average molecular weight is 232 g/mol. The van der Waals surface area contributed by atoms with Crippen molar-refractivity contribution in [2.45, 2.75) is 32.2 Å². The Morgan fingerprint density at radius 1 is 1.47 bits per heavy atom. The summed E-state index contributed by atoms with van der Waals surface area (Å²) in [4.78, 5) is 11.5. The summed E-state index contributed by atoms with van der Waals surface area (Å²) >= 11 is 0. The summed E-state index contributed by atoms with van der Waals surface area (Å²) in [5.74, 6) is -0.840. The minimum atomic E-state index is -0.974. The molecule has 0 bridgehead atoms. The van der Waals surface area contributed by atoms with Crippen molar-refractivity contribution in [3.8, 4) is 0 Å². The van der Waals surface area contributed by atoms with Crippen LogP contribution in [0.2, 0.25) is 0 Å². The highest BCUT2D eigenvalue weighted by atomic mass is 16.4. The van der Waals surface area contributed by atoms with Crippen LogP contribution in [0.4, 0.5) is 0 Å². The second-order valence-corrected chi connectivity index (χ2v) is 4.44. The van der Waals surface area contributed by atoms with E-state index >= 15 is 0 Å². The maximum atomic E-state index is 11.5. The molecule has 2 aromatic rings. The van der Waals surface area contributed by atoms with Crippen molar-refractivity contribution in [3.05, 3.63) is 30.5 Å². The third-order valence-corrected chi connectivity index (χ3v) is 3.14. The number of carboxylic acids is 1. The van der Waals surface area contributed by atoms with E-state index in [1.165, 1.54) is 0 Å². The lowest BCUT2D eigenvalue weighted by atomic mass is 9.96. The highest BCUT2D eigenvalue weighted by Crippen LogP contribution is 2.26. The lowest BCUT2D eigenvalue weighted by Crippen LogP contribution is -2.39. The normalized spacial score (nSPS) is 14.7. The fraction of sp³-hybridized carbons (Fsp3) is 0.385. The van der Waals surface area contributed by atoms with Gasteiger partial charge in [-0.25, -0.2) is 9.48 Å². The van der Waals surface area contributed by atoms with E-state index in [2.05, 4.69) is 5.10 Å². The molecular formula is C13H16N2O2. The van der Waals surface area contributed by atoms with Crippen LogP contribution in [0, 0.1) is 0 Å². The monoisotopic (exact) mass is 232 g/mol. The molecule has 0 radical (unpaired) electrons. The molecule has 0 spiro atoms. The van der Waals surface area contributed by atoms with E-state index in [4.69, 9.17) is 0 Å². The SMILES string of the molecule is CCCC(C)(C(=O)O)n1ncc2ccccc21. The highest BCUT2D eigenvalue weighted by molar-refractivity contribution is 5.83. The Bertz CT molecular complexity index is 547. The Kier molecular flexibility index (Phi) is 2.88. The first kappa shape index (κ1) is 11.6. The van der Waals surface area contributed by atoms with Crippen LogP contribution in [0.5, 0.6) is 0 Å². The van der Waals surface area contributed by atoms with Crippen LogP contribution in [0.1, 0.15) is 26.7 Å². The molecule has 0 amide bonds. The second kappa shape index (κ2) is 4.20. The summed E-state index contributed by atoms with van der Waals surface area (Å²) in [5, 5.41) is 14.6. The number of carbonyl (C=O) groups is 1. The summed E-state index contributed by atoms with van der Waals surface area (Å²) in [7, 11) is 0. The van der Waals surface area contributed by atoms with Gasteiger partial charge < -0.3 is 5.11 Å². The zero-order valence-corrected chi connectivity index (χ0v) is 10.1. The summed E-state index contributed by atoms with van der Waals surface area (Å²) in [6.45, 7) is 3.70. The van der Waals surface area contributed by atoms with Crippen LogP contribution >= 0.6 is 0 Å². The first-order valence-electron chi connectivity index (χ1n) is 5.76. The largest absolute Gasteiger partial charge is 0.479 e. The fourth-order valence-corrected chi connectivity index (χ4v) is 2.16. The van der Waals surface area contributed by atoms with Crippen molar-refractivity contribution in [3.63, 3.8) is 0 Å². The molecule has 1 heterocycles. The van der Waals surface area contributed by atoms with Gasteiger partial charge >= 0.3 is 5.97 Å². The van der Waals surface area contributed by atoms with Crippen LogP contribution in [-0.2, 0) is 10.3 Å². The van der Waals surface area contributed by atoms with Crippen molar-refractivity contribution in [2.24, 2.45) is 0 Å². The molecule has 0 saturated heterocycles. The molecule has 1 aromatic heterocycles. The topological polar surface area (TPSA) is 55.1 Å². The van der Waals surface area contributed by atoms with E-state index in [0.717, 1.165) is 17.3 Å². The van der Waals surface area contributed by atoms with E-state index in [9.17, 15) is 9.90 Å². The smallest absolute Gasteiger partial charge is 0.331 e. The van der Waals surface area contributed by atoms with Gasteiger partial charge in [-0.3, -0.25) is 0 Å². The molecule has 0 aliphatic rings. The molecule has 90 valence electrons. The number of carboxylic acid groups (broad SMARTS) is 1. The predicted molar refractivity (Wildman–Crippen MR) is 65.9 cm³/mol. The number of rotatable bonds is 4. The van der Waals surface area contributed by atoms with Gasteiger partial charge in [-0.05, 0) is 19.4 Å².